The van der Waals surface area contributed by atoms with Gasteiger partial charge in [0.2, 0.25) is 0 Å². The van der Waals surface area contributed by atoms with Crippen LogP contribution >= 0.6 is 11.6 Å². The summed E-state index contributed by atoms with van der Waals surface area (Å²) < 4.78 is 10.7. The smallest absolute Gasteiger partial charge is 0.310 e. The largest absolute Gasteiger partial charge is 0.426 e. The molecule has 1 heterocycles. The summed E-state index contributed by atoms with van der Waals surface area (Å²) in [5.74, 6) is 0.204. The van der Waals surface area contributed by atoms with Crippen molar-refractivity contribution in [2.45, 2.75) is 26.7 Å². The average Bonchev–Trinajstić information content (AvgIpc) is 2.73. The molecule has 6 heteroatoms. The third-order valence-electron chi connectivity index (χ3n) is 4.14. The zero-order valence-electron chi connectivity index (χ0n) is 16.1. The van der Waals surface area contributed by atoms with Crippen molar-refractivity contribution in [2.75, 3.05) is 0 Å². The minimum Gasteiger partial charge on any atom is -0.426 e. The van der Waals surface area contributed by atoms with Crippen LogP contribution in [0.15, 0.2) is 48.5 Å². The first kappa shape index (κ1) is 20.6. The number of esters is 2. The fraction of sp³-hybridized carbons (Fsp3) is 0.174. The van der Waals surface area contributed by atoms with Gasteiger partial charge in [0.25, 0.3) is 0 Å². The van der Waals surface area contributed by atoms with Crippen LogP contribution in [0.2, 0.25) is 5.02 Å². The summed E-state index contributed by atoms with van der Waals surface area (Å²) in [5, 5.41) is 1.39. The Hall–Kier alpha value is -3.18. The number of fused-ring (bicyclic) bond motifs is 1. The molecule has 0 aliphatic heterocycles. The number of benzene rings is 2. The predicted octanol–water partition coefficient (Wildman–Crippen LogP) is 5.69. The topological polar surface area (TPSA) is 65.5 Å². The molecule has 0 amide bonds. The number of para-hydroxylation sites is 1. The molecule has 0 bridgehead atoms. The zero-order valence-corrected chi connectivity index (χ0v) is 16.9. The summed E-state index contributed by atoms with van der Waals surface area (Å²) in [7, 11) is 0. The van der Waals surface area contributed by atoms with Gasteiger partial charge >= 0.3 is 11.9 Å². The van der Waals surface area contributed by atoms with Crippen LogP contribution in [0.4, 0.5) is 0 Å². The van der Waals surface area contributed by atoms with E-state index in [1.54, 1.807) is 50.3 Å². The van der Waals surface area contributed by atoms with Crippen LogP contribution in [0.5, 0.6) is 11.5 Å². The number of halogens is 1. The van der Waals surface area contributed by atoms with Gasteiger partial charge in [-0.25, -0.2) is 4.98 Å². The second-order valence-corrected chi connectivity index (χ2v) is 6.67. The fourth-order valence-electron chi connectivity index (χ4n) is 2.62. The molecular formula is C23H20ClNO4. The average molecular weight is 410 g/mol. The Kier molecular flexibility index (Phi) is 6.62. The van der Waals surface area contributed by atoms with E-state index in [-0.39, 0.29) is 24.8 Å². The molecule has 148 valence electrons. The highest BCUT2D eigenvalue weighted by Crippen LogP contribution is 2.27. The van der Waals surface area contributed by atoms with E-state index in [1.807, 2.05) is 24.3 Å². The van der Waals surface area contributed by atoms with Gasteiger partial charge in [-0.15, -0.1) is 0 Å². The van der Waals surface area contributed by atoms with Gasteiger partial charge in [-0.3, -0.25) is 9.59 Å². The highest BCUT2D eigenvalue weighted by Gasteiger charge is 2.09. The quantitative estimate of drug-likeness (QED) is 0.386. The number of carbonyl (C=O) groups excluding carboxylic acids is 2. The molecule has 0 aliphatic carbocycles. The number of hydrogen-bond acceptors (Lipinski definition) is 5. The summed E-state index contributed by atoms with van der Waals surface area (Å²) in [5.41, 5.74) is 1.91. The van der Waals surface area contributed by atoms with Crippen molar-refractivity contribution < 1.29 is 19.1 Å². The van der Waals surface area contributed by atoms with Crippen molar-refractivity contribution in [1.82, 2.24) is 4.98 Å². The number of aromatic nitrogens is 1. The molecule has 0 unspecified atom stereocenters. The van der Waals surface area contributed by atoms with Gasteiger partial charge < -0.3 is 9.47 Å². The van der Waals surface area contributed by atoms with Crippen LogP contribution in [-0.4, -0.2) is 16.9 Å². The summed E-state index contributed by atoms with van der Waals surface area (Å²) in [6.45, 7) is 3.47. The first-order valence-corrected chi connectivity index (χ1v) is 9.66. The number of carbonyl (C=O) groups is 2. The number of hydrogen-bond donors (Lipinski definition) is 0. The molecule has 2 aromatic carbocycles. The van der Waals surface area contributed by atoms with Crippen LogP contribution in [0.1, 0.15) is 37.9 Å². The van der Waals surface area contributed by atoms with E-state index in [0.29, 0.717) is 33.3 Å². The minimum atomic E-state index is -0.326. The zero-order chi connectivity index (χ0) is 20.8. The molecule has 0 N–H and O–H groups in total. The Morgan fingerprint density at radius 3 is 2.38 bits per heavy atom. The van der Waals surface area contributed by atoms with Gasteiger partial charge in [0.1, 0.15) is 11.3 Å². The van der Waals surface area contributed by atoms with E-state index in [0.717, 1.165) is 5.39 Å². The van der Waals surface area contributed by atoms with Crippen molar-refractivity contribution in [3.63, 3.8) is 0 Å². The Bertz CT molecular complexity index is 1090. The second-order valence-electron chi connectivity index (χ2n) is 6.23. The summed E-state index contributed by atoms with van der Waals surface area (Å²) in [6, 6.07) is 14.2. The molecule has 0 saturated carbocycles. The van der Waals surface area contributed by atoms with E-state index >= 15 is 0 Å². The van der Waals surface area contributed by atoms with Crippen LogP contribution < -0.4 is 9.47 Å². The lowest BCUT2D eigenvalue weighted by molar-refractivity contribution is -0.134. The Morgan fingerprint density at radius 2 is 1.66 bits per heavy atom. The molecule has 1 aromatic heterocycles. The Balaban J connectivity index is 1.95. The van der Waals surface area contributed by atoms with E-state index in [4.69, 9.17) is 21.1 Å². The molecule has 5 nitrogen and oxygen atoms in total. The first-order valence-electron chi connectivity index (χ1n) is 9.29. The van der Waals surface area contributed by atoms with Gasteiger partial charge in [-0.05, 0) is 42.5 Å². The molecule has 3 aromatic rings. The summed E-state index contributed by atoms with van der Waals surface area (Å²) in [4.78, 5) is 27.9. The van der Waals surface area contributed by atoms with Gasteiger partial charge in [0, 0.05) is 28.8 Å². The lowest BCUT2D eigenvalue weighted by atomic mass is 10.1. The normalized spacial score (nSPS) is 11.0. The molecule has 0 aliphatic rings. The third-order valence-corrected chi connectivity index (χ3v) is 4.37. The number of pyridine rings is 1. The lowest BCUT2D eigenvalue weighted by Crippen LogP contribution is -2.06. The van der Waals surface area contributed by atoms with E-state index in [2.05, 4.69) is 4.98 Å². The van der Waals surface area contributed by atoms with E-state index in [1.165, 1.54) is 0 Å². The maximum atomic E-state index is 11.7. The van der Waals surface area contributed by atoms with Crippen LogP contribution in [-0.2, 0) is 9.59 Å². The standard InChI is InChI=1S/C23H20ClNO4/c1-3-21(26)28-19-13-10-17(24)14-16(19)9-12-18-11-8-15-6-5-7-20(23(15)25-18)29-22(27)4-2/h5-14H,3-4H2,1-2H3/b12-9+. The highest BCUT2D eigenvalue weighted by molar-refractivity contribution is 6.30. The maximum absolute atomic E-state index is 11.7. The van der Waals surface area contributed by atoms with Crippen LogP contribution in [0.25, 0.3) is 23.1 Å². The van der Waals surface area contributed by atoms with Gasteiger partial charge in [0.15, 0.2) is 5.75 Å². The number of rotatable bonds is 6. The molecule has 0 atom stereocenters. The monoisotopic (exact) mass is 409 g/mol. The molecular weight excluding hydrogens is 390 g/mol. The Morgan fingerprint density at radius 1 is 0.931 bits per heavy atom. The van der Waals surface area contributed by atoms with Crippen molar-refractivity contribution in [3.8, 4) is 11.5 Å². The van der Waals surface area contributed by atoms with Gasteiger partial charge in [-0.1, -0.05) is 43.6 Å². The highest BCUT2D eigenvalue weighted by atomic mass is 35.5. The molecule has 3 rings (SSSR count). The van der Waals surface area contributed by atoms with E-state index in [9.17, 15) is 9.59 Å². The lowest BCUT2D eigenvalue weighted by Gasteiger charge is -2.08. The van der Waals surface area contributed by atoms with E-state index < -0.39 is 0 Å². The van der Waals surface area contributed by atoms with Crippen molar-refractivity contribution in [2.24, 2.45) is 0 Å². The minimum absolute atomic E-state index is 0.275. The Labute approximate surface area is 173 Å². The predicted molar refractivity (Wildman–Crippen MR) is 114 cm³/mol. The molecule has 29 heavy (non-hydrogen) atoms. The van der Waals surface area contributed by atoms with Gasteiger partial charge in [-0.2, -0.15) is 0 Å². The summed E-state index contributed by atoms with van der Waals surface area (Å²) in [6.07, 6.45) is 4.12. The second kappa shape index (κ2) is 9.34. The number of nitrogens with zero attached hydrogens (tertiary/aromatic N) is 1. The molecule has 0 radical (unpaired) electrons. The van der Waals surface area contributed by atoms with Gasteiger partial charge in [0.05, 0.1) is 5.69 Å². The van der Waals surface area contributed by atoms with Crippen molar-refractivity contribution >= 4 is 46.6 Å². The molecule has 0 saturated heterocycles. The van der Waals surface area contributed by atoms with Crippen molar-refractivity contribution in [1.29, 1.82) is 0 Å². The maximum Gasteiger partial charge on any atom is 0.310 e. The number of ether oxygens (including phenoxy) is 2. The van der Waals surface area contributed by atoms with Crippen LogP contribution in [0, 0.1) is 0 Å². The third kappa shape index (κ3) is 5.21. The van der Waals surface area contributed by atoms with Crippen LogP contribution in [0.3, 0.4) is 0 Å². The summed E-state index contributed by atoms with van der Waals surface area (Å²) >= 11 is 6.09. The molecule has 0 fully saturated rings. The SMILES string of the molecule is CCC(=O)Oc1ccc(Cl)cc1/C=C/c1ccc2cccc(OC(=O)CC)c2n1. The fourth-order valence-corrected chi connectivity index (χ4v) is 2.80. The molecule has 0 spiro atoms. The first-order chi connectivity index (χ1) is 14.0. The van der Waals surface area contributed by atoms with Crippen molar-refractivity contribution in [3.05, 3.63) is 64.8 Å².